The third-order valence-electron chi connectivity index (χ3n) is 6.70. The molecule has 0 unspecified atom stereocenters. The Morgan fingerprint density at radius 2 is 1.90 bits per heavy atom. The number of hydrogen-bond donors (Lipinski definition) is 1. The Bertz CT molecular complexity index is 1110. The summed E-state index contributed by atoms with van der Waals surface area (Å²) in [5.41, 5.74) is 5.23. The third kappa shape index (κ3) is 3.39. The van der Waals surface area contributed by atoms with Gasteiger partial charge in [-0.2, -0.15) is 0 Å². The van der Waals surface area contributed by atoms with Gasteiger partial charge in [-0.15, -0.1) is 0 Å². The summed E-state index contributed by atoms with van der Waals surface area (Å²) in [7, 11) is 4.35. The van der Waals surface area contributed by atoms with Gasteiger partial charge in [0, 0.05) is 41.8 Å². The average Bonchev–Trinajstić information content (AvgIpc) is 3.41. The molecule has 5 rings (SSSR count). The van der Waals surface area contributed by atoms with Gasteiger partial charge in [-0.3, -0.25) is 0 Å². The van der Waals surface area contributed by atoms with Crippen LogP contribution in [0.25, 0.3) is 27.9 Å². The molecule has 6 heteroatoms. The molecular weight excluding hydrogens is 377 g/mol. The first-order valence-electron chi connectivity index (χ1n) is 10.8. The Morgan fingerprint density at radius 3 is 2.63 bits per heavy atom. The SMILES string of the molecule is CN(C)C1CCC(n2cnc(C3=CC=C(F)CC3)c2-c2ccnc3[nH]ccc23)CC1. The average molecular weight is 406 g/mol. The van der Waals surface area contributed by atoms with Crippen LogP contribution in [0.2, 0.25) is 0 Å². The Kier molecular flexibility index (Phi) is 5.03. The van der Waals surface area contributed by atoms with Gasteiger partial charge >= 0.3 is 0 Å². The molecule has 0 aromatic carbocycles. The molecule has 1 N–H and O–H groups in total. The van der Waals surface area contributed by atoms with E-state index < -0.39 is 0 Å². The minimum atomic E-state index is -0.0568. The zero-order valence-corrected chi connectivity index (χ0v) is 17.6. The molecule has 0 aliphatic heterocycles. The first-order valence-corrected chi connectivity index (χ1v) is 10.8. The normalized spacial score (nSPS) is 22.4. The minimum absolute atomic E-state index is 0.0568. The molecule has 156 valence electrons. The lowest BCUT2D eigenvalue weighted by atomic mass is 9.89. The van der Waals surface area contributed by atoms with Crippen LogP contribution in [0.5, 0.6) is 0 Å². The molecule has 2 aliphatic rings. The standard InChI is InChI=1S/C24H28FN5/c1-29(2)18-7-9-19(10-8-18)30-15-28-22(16-3-5-17(25)6-4-16)23(30)20-11-13-26-24-21(20)12-14-27-24/h3,5,11-15,18-19H,4,6-10H2,1-2H3,(H,26,27). The minimum Gasteiger partial charge on any atom is -0.346 e. The van der Waals surface area contributed by atoms with Crippen molar-refractivity contribution in [2.45, 2.75) is 50.6 Å². The highest BCUT2D eigenvalue weighted by molar-refractivity contribution is 5.95. The second-order valence-electron chi connectivity index (χ2n) is 8.68. The van der Waals surface area contributed by atoms with E-state index in [4.69, 9.17) is 4.98 Å². The zero-order valence-electron chi connectivity index (χ0n) is 17.6. The van der Waals surface area contributed by atoms with E-state index in [1.54, 1.807) is 6.08 Å². The first-order chi connectivity index (χ1) is 14.6. The smallest absolute Gasteiger partial charge is 0.137 e. The van der Waals surface area contributed by atoms with Crippen molar-refractivity contribution in [1.82, 2.24) is 24.4 Å². The van der Waals surface area contributed by atoms with Crippen LogP contribution in [-0.4, -0.2) is 44.6 Å². The lowest BCUT2D eigenvalue weighted by Gasteiger charge is -2.34. The number of rotatable bonds is 4. The van der Waals surface area contributed by atoms with Crippen molar-refractivity contribution in [2.24, 2.45) is 0 Å². The van der Waals surface area contributed by atoms with Gasteiger partial charge in [0.15, 0.2) is 0 Å². The van der Waals surface area contributed by atoms with E-state index in [2.05, 4.69) is 45.7 Å². The molecule has 0 saturated heterocycles. The monoisotopic (exact) mass is 405 g/mol. The number of nitrogens with one attached hydrogen (secondary N) is 1. The maximum absolute atomic E-state index is 13.6. The van der Waals surface area contributed by atoms with Crippen LogP contribution >= 0.6 is 0 Å². The highest BCUT2D eigenvalue weighted by atomic mass is 19.1. The number of hydrogen-bond acceptors (Lipinski definition) is 3. The molecule has 0 atom stereocenters. The van der Waals surface area contributed by atoms with Crippen molar-refractivity contribution >= 4 is 16.6 Å². The summed E-state index contributed by atoms with van der Waals surface area (Å²) in [4.78, 5) is 14.9. The van der Waals surface area contributed by atoms with E-state index >= 15 is 0 Å². The molecule has 3 heterocycles. The predicted octanol–water partition coefficient (Wildman–Crippen LogP) is 5.50. The zero-order chi connectivity index (χ0) is 20.7. The van der Waals surface area contributed by atoms with Crippen molar-refractivity contribution in [1.29, 1.82) is 0 Å². The fourth-order valence-corrected chi connectivity index (χ4v) is 4.97. The molecule has 0 amide bonds. The van der Waals surface area contributed by atoms with E-state index in [0.717, 1.165) is 46.4 Å². The largest absolute Gasteiger partial charge is 0.346 e. The summed E-state index contributed by atoms with van der Waals surface area (Å²) in [6, 6.07) is 5.24. The van der Waals surface area contributed by atoms with Crippen LogP contribution in [0.3, 0.4) is 0 Å². The van der Waals surface area contributed by atoms with Crippen LogP contribution in [0.1, 0.15) is 50.3 Å². The molecular formula is C24H28FN5. The van der Waals surface area contributed by atoms with Gasteiger partial charge in [-0.05, 0) is 70.0 Å². The fourth-order valence-electron chi connectivity index (χ4n) is 4.97. The summed E-state index contributed by atoms with van der Waals surface area (Å²) in [5.74, 6) is -0.0568. The molecule has 1 saturated carbocycles. The summed E-state index contributed by atoms with van der Waals surface area (Å²) in [5, 5.41) is 1.10. The molecule has 0 spiro atoms. The van der Waals surface area contributed by atoms with Gasteiger partial charge in [0.1, 0.15) is 11.5 Å². The van der Waals surface area contributed by atoms with Gasteiger partial charge in [-0.25, -0.2) is 14.4 Å². The molecule has 5 nitrogen and oxygen atoms in total. The third-order valence-corrected chi connectivity index (χ3v) is 6.70. The van der Waals surface area contributed by atoms with Crippen LogP contribution in [0.15, 0.2) is 48.8 Å². The number of aromatic amines is 1. The highest BCUT2D eigenvalue weighted by Crippen LogP contribution is 2.40. The number of H-pyrrole nitrogens is 1. The lowest BCUT2D eigenvalue weighted by Crippen LogP contribution is -2.32. The van der Waals surface area contributed by atoms with Gasteiger partial charge < -0.3 is 14.5 Å². The van der Waals surface area contributed by atoms with Gasteiger partial charge in [0.05, 0.1) is 17.7 Å². The summed E-state index contributed by atoms with van der Waals surface area (Å²) < 4.78 is 16.0. The van der Waals surface area contributed by atoms with Crippen LogP contribution in [0, 0.1) is 0 Å². The summed E-state index contributed by atoms with van der Waals surface area (Å²) >= 11 is 0. The molecule has 0 radical (unpaired) electrons. The fraction of sp³-hybridized carbons (Fsp3) is 0.417. The van der Waals surface area contributed by atoms with E-state index in [9.17, 15) is 4.39 Å². The van der Waals surface area contributed by atoms with Crippen molar-refractivity contribution in [2.75, 3.05) is 14.1 Å². The van der Waals surface area contributed by atoms with Crippen molar-refractivity contribution in [3.8, 4) is 11.3 Å². The Labute approximate surface area is 176 Å². The quantitative estimate of drug-likeness (QED) is 0.623. The number of allylic oxidation sites excluding steroid dienone is 4. The van der Waals surface area contributed by atoms with E-state index in [1.165, 1.54) is 12.8 Å². The van der Waals surface area contributed by atoms with Crippen LogP contribution in [0.4, 0.5) is 4.39 Å². The summed E-state index contributed by atoms with van der Waals surface area (Å²) in [6.45, 7) is 0. The van der Waals surface area contributed by atoms with E-state index in [1.807, 2.05) is 24.8 Å². The van der Waals surface area contributed by atoms with Gasteiger partial charge in [-0.1, -0.05) is 6.08 Å². The molecule has 30 heavy (non-hydrogen) atoms. The topological polar surface area (TPSA) is 49.7 Å². The van der Waals surface area contributed by atoms with Crippen molar-refractivity contribution in [3.63, 3.8) is 0 Å². The number of pyridine rings is 1. The van der Waals surface area contributed by atoms with E-state index in [0.29, 0.717) is 24.9 Å². The van der Waals surface area contributed by atoms with Crippen LogP contribution in [-0.2, 0) is 0 Å². The molecule has 3 aromatic heterocycles. The first kappa shape index (κ1) is 19.2. The lowest BCUT2D eigenvalue weighted by molar-refractivity contribution is 0.196. The number of imidazole rings is 1. The number of halogens is 1. The van der Waals surface area contributed by atoms with Gasteiger partial charge in [0.2, 0.25) is 0 Å². The Morgan fingerprint density at radius 1 is 1.07 bits per heavy atom. The highest BCUT2D eigenvalue weighted by Gasteiger charge is 2.28. The second-order valence-corrected chi connectivity index (χ2v) is 8.68. The van der Waals surface area contributed by atoms with Crippen molar-refractivity contribution in [3.05, 3.63) is 54.5 Å². The maximum Gasteiger partial charge on any atom is 0.137 e. The van der Waals surface area contributed by atoms with Gasteiger partial charge in [0.25, 0.3) is 0 Å². The summed E-state index contributed by atoms with van der Waals surface area (Å²) in [6.07, 6.45) is 15.1. The second kappa shape index (κ2) is 7.84. The number of nitrogens with zero attached hydrogens (tertiary/aromatic N) is 4. The Balaban J connectivity index is 1.61. The Hall–Kier alpha value is -2.73. The predicted molar refractivity (Wildman–Crippen MR) is 119 cm³/mol. The van der Waals surface area contributed by atoms with Crippen molar-refractivity contribution < 1.29 is 4.39 Å². The molecule has 2 aliphatic carbocycles. The molecule has 3 aromatic rings. The molecule has 0 bridgehead atoms. The molecule has 1 fully saturated rings. The number of fused-ring (bicyclic) bond motifs is 1. The van der Waals surface area contributed by atoms with E-state index in [-0.39, 0.29) is 5.83 Å². The number of aromatic nitrogens is 4. The maximum atomic E-state index is 13.6. The van der Waals surface area contributed by atoms with Crippen LogP contribution < -0.4 is 0 Å².